The zero-order chi connectivity index (χ0) is 17.3. The van der Waals surface area contributed by atoms with E-state index in [-0.39, 0.29) is 24.0 Å². The molecule has 128 valence electrons. The summed E-state index contributed by atoms with van der Waals surface area (Å²) in [7, 11) is 1.87. The Hall–Kier alpha value is -2.14. The number of aryl methyl sites for hydroxylation is 3. The smallest absolute Gasteiger partial charge is 0.224 e. The molecule has 1 aromatic heterocycles. The van der Waals surface area contributed by atoms with Crippen molar-refractivity contribution in [1.29, 1.82) is 0 Å². The Labute approximate surface area is 142 Å². The lowest BCUT2D eigenvalue weighted by Crippen LogP contribution is -2.41. The van der Waals surface area contributed by atoms with Gasteiger partial charge in [0.25, 0.3) is 0 Å². The Bertz CT molecular complexity index is 732. The molecule has 1 aliphatic rings. The monoisotopic (exact) mass is 327 g/mol. The topological polar surface area (TPSA) is 67.2 Å². The number of nitrogens with one attached hydrogen (secondary N) is 1. The fourth-order valence-electron chi connectivity index (χ4n) is 3.36. The van der Waals surface area contributed by atoms with Crippen molar-refractivity contribution in [2.75, 3.05) is 0 Å². The van der Waals surface area contributed by atoms with Crippen LogP contribution in [0.25, 0.3) is 0 Å². The highest BCUT2D eigenvalue weighted by Crippen LogP contribution is 2.38. The first-order valence-electron chi connectivity index (χ1n) is 8.44. The van der Waals surface area contributed by atoms with E-state index < -0.39 is 0 Å². The second-order valence-corrected chi connectivity index (χ2v) is 6.98. The van der Waals surface area contributed by atoms with Gasteiger partial charge in [-0.05, 0) is 43.7 Å². The quantitative estimate of drug-likeness (QED) is 0.885. The minimum atomic E-state index is -0.245. The van der Waals surface area contributed by atoms with Gasteiger partial charge < -0.3 is 10.4 Å². The highest BCUT2D eigenvalue weighted by atomic mass is 16.3. The maximum Gasteiger partial charge on any atom is 0.224 e. The van der Waals surface area contributed by atoms with Crippen molar-refractivity contribution in [3.8, 4) is 0 Å². The molecule has 1 atom stereocenters. The highest BCUT2D eigenvalue weighted by Gasteiger charge is 2.36. The largest absolute Gasteiger partial charge is 0.393 e. The van der Waals surface area contributed by atoms with Gasteiger partial charge in [-0.15, -0.1) is 0 Å². The van der Waals surface area contributed by atoms with E-state index in [4.69, 9.17) is 0 Å². The summed E-state index contributed by atoms with van der Waals surface area (Å²) in [6.07, 6.45) is 5.32. The molecular weight excluding hydrogens is 302 g/mol. The average Bonchev–Trinajstić information content (AvgIpc) is 2.92. The molecule has 0 unspecified atom stereocenters. The van der Waals surface area contributed by atoms with Gasteiger partial charge in [0.1, 0.15) is 0 Å². The van der Waals surface area contributed by atoms with Crippen molar-refractivity contribution < 1.29 is 9.90 Å². The first-order chi connectivity index (χ1) is 11.4. The van der Waals surface area contributed by atoms with E-state index >= 15 is 0 Å². The van der Waals surface area contributed by atoms with E-state index in [0.29, 0.717) is 6.42 Å². The van der Waals surface area contributed by atoms with Gasteiger partial charge >= 0.3 is 0 Å². The van der Waals surface area contributed by atoms with Crippen LogP contribution in [0.5, 0.6) is 0 Å². The minimum absolute atomic E-state index is 0.0129. The van der Waals surface area contributed by atoms with Gasteiger partial charge in [-0.1, -0.05) is 23.8 Å². The van der Waals surface area contributed by atoms with Crippen molar-refractivity contribution in [3.05, 3.63) is 52.8 Å². The molecule has 3 rings (SSSR count). The lowest BCUT2D eigenvalue weighted by Gasteiger charge is -2.37. The summed E-state index contributed by atoms with van der Waals surface area (Å²) in [6, 6.07) is 6.10. The van der Waals surface area contributed by atoms with Crippen LogP contribution in [0.3, 0.4) is 0 Å². The average molecular weight is 327 g/mol. The molecule has 1 saturated carbocycles. The summed E-state index contributed by atoms with van der Waals surface area (Å²) in [5.41, 5.74) is 4.36. The maximum atomic E-state index is 12.6. The van der Waals surface area contributed by atoms with Crippen LogP contribution in [0.2, 0.25) is 0 Å². The third kappa shape index (κ3) is 3.67. The SMILES string of the molecule is Cc1ccc(C)c(CC(=O)N[C@H](c2cnn(C)c2)C2CC(O)C2)c1. The summed E-state index contributed by atoms with van der Waals surface area (Å²) in [6.45, 7) is 4.07. The van der Waals surface area contributed by atoms with Crippen LogP contribution in [-0.4, -0.2) is 26.9 Å². The summed E-state index contributed by atoms with van der Waals surface area (Å²) < 4.78 is 1.74. The third-order valence-corrected chi connectivity index (χ3v) is 4.88. The van der Waals surface area contributed by atoms with Crippen molar-refractivity contribution >= 4 is 5.91 Å². The second kappa shape index (κ2) is 6.77. The van der Waals surface area contributed by atoms with Gasteiger partial charge in [0, 0.05) is 18.8 Å². The Morgan fingerprint density at radius 3 is 2.79 bits per heavy atom. The van der Waals surface area contributed by atoms with Crippen molar-refractivity contribution in [3.63, 3.8) is 0 Å². The Morgan fingerprint density at radius 2 is 2.17 bits per heavy atom. The molecule has 1 aromatic carbocycles. The summed E-state index contributed by atoms with van der Waals surface area (Å²) >= 11 is 0. The van der Waals surface area contributed by atoms with Crippen LogP contribution in [0.1, 0.15) is 41.1 Å². The molecule has 5 nitrogen and oxygen atoms in total. The Morgan fingerprint density at radius 1 is 1.42 bits per heavy atom. The molecule has 2 N–H and O–H groups in total. The van der Waals surface area contributed by atoms with Gasteiger partial charge in [0.15, 0.2) is 0 Å². The molecule has 2 aromatic rings. The van der Waals surface area contributed by atoms with Crippen molar-refractivity contribution in [1.82, 2.24) is 15.1 Å². The number of carbonyl (C=O) groups is 1. The zero-order valence-corrected chi connectivity index (χ0v) is 14.5. The molecular formula is C19H25N3O2. The molecule has 1 amide bonds. The molecule has 1 fully saturated rings. The normalized spacial score (nSPS) is 21.2. The molecule has 0 spiro atoms. The van der Waals surface area contributed by atoms with Crippen LogP contribution in [0, 0.1) is 19.8 Å². The lowest BCUT2D eigenvalue weighted by molar-refractivity contribution is -0.122. The van der Waals surface area contributed by atoms with Gasteiger partial charge in [-0.25, -0.2) is 0 Å². The van der Waals surface area contributed by atoms with Crippen LogP contribution in [0.4, 0.5) is 0 Å². The van der Waals surface area contributed by atoms with E-state index in [1.807, 2.05) is 27.1 Å². The van der Waals surface area contributed by atoms with Gasteiger partial charge in [-0.2, -0.15) is 5.10 Å². The number of rotatable bonds is 5. The minimum Gasteiger partial charge on any atom is -0.393 e. The number of hydrogen-bond donors (Lipinski definition) is 2. The maximum absolute atomic E-state index is 12.6. The molecule has 5 heteroatoms. The number of amides is 1. The highest BCUT2D eigenvalue weighted by molar-refractivity contribution is 5.79. The Kier molecular flexibility index (Phi) is 4.71. The van der Waals surface area contributed by atoms with Crippen LogP contribution in [0.15, 0.2) is 30.6 Å². The van der Waals surface area contributed by atoms with Crippen molar-refractivity contribution in [2.24, 2.45) is 13.0 Å². The first-order valence-corrected chi connectivity index (χ1v) is 8.44. The number of aliphatic hydroxyl groups excluding tert-OH is 1. The third-order valence-electron chi connectivity index (χ3n) is 4.88. The summed E-state index contributed by atoms with van der Waals surface area (Å²) in [5, 5.41) is 17.0. The van der Waals surface area contributed by atoms with E-state index in [2.05, 4.69) is 28.6 Å². The van der Waals surface area contributed by atoms with Gasteiger partial charge in [0.2, 0.25) is 5.91 Å². The number of nitrogens with zero attached hydrogens (tertiary/aromatic N) is 2. The van der Waals surface area contributed by atoms with Crippen LogP contribution in [-0.2, 0) is 18.3 Å². The molecule has 1 aliphatic carbocycles. The zero-order valence-electron chi connectivity index (χ0n) is 14.5. The van der Waals surface area contributed by atoms with Crippen LogP contribution >= 0.6 is 0 Å². The molecule has 24 heavy (non-hydrogen) atoms. The molecule has 0 saturated heterocycles. The number of carbonyl (C=O) groups excluding carboxylic acids is 1. The summed E-state index contributed by atoms with van der Waals surface area (Å²) in [4.78, 5) is 12.6. The lowest BCUT2D eigenvalue weighted by atomic mass is 9.75. The van der Waals surface area contributed by atoms with Crippen LogP contribution < -0.4 is 5.32 Å². The molecule has 1 heterocycles. The fourth-order valence-corrected chi connectivity index (χ4v) is 3.36. The van der Waals surface area contributed by atoms with E-state index in [1.54, 1.807) is 10.9 Å². The van der Waals surface area contributed by atoms with Crippen molar-refractivity contribution in [2.45, 2.75) is 45.3 Å². The molecule has 0 aliphatic heterocycles. The van der Waals surface area contributed by atoms with Gasteiger partial charge in [0.05, 0.1) is 24.8 Å². The van der Waals surface area contributed by atoms with Gasteiger partial charge in [-0.3, -0.25) is 9.48 Å². The first kappa shape index (κ1) is 16.7. The molecule has 0 radical (unpaired) electrons. The predicted molar refractivity (Wildman–Crippen MR) is 92.4 cm³/mol. The molecule has 0 bridgehead atoms. The number of aromatic nitrogens is 2. The Balaban J connectivity index is 1.72. The van der Waals surface area contributed by atoms with E-state index in [0.717, 1.165) is 35.1 Å². The van der Waals surface area contributed by atoms with E-state index in [9.17, 15) is 9.90 Å². The standard InChI is InChI=1S/C19H25N3O2/c1-12-4-5-13(2)14(6-12)9-18(24)21-19(15-7-17(23)8-15)16-10-20-22(3)11-16/h4-6,10-11,15,17,19,23H,7-9H2,1-3H3,(H,21,24)/t15?,17?,19-/m0/s1. The number of aliphatic hydroxyl groups is 1. The van der Waals surface area contributed by atoms with E-state index in [1.165, 1.54) is 0 Å². The fraction of sp³-hybridized carbons (Fsp3) is 0.474. The summed E-state index contributed by atoms with van der Waals surface area (Å²) in [5.74, 6) is 0.283. The number of benzene rings is 1. The predicted octanol–water partition coefficient (Wildman–Crippen LogP) is 2.21. The second-order valence-electron chi connectivity index (χ2n) is 6.98. The number of hydrogen-bond acceptors (Lipinski definition) is 3.